The van der Waals surface area contributed by atoms with Gasteiger partial charge < -0.3 is 44.7 Å². The third-order valence-corrected chi connectivity index (χ3v) is 9.49. The van der Waals surface area contributed by atoms with Gasteiger partial charge in [-0.15, -0.1) is 0 Å². The Morgan fingerprint density at radius 2 is 1.89 bits per heavy atom. The maximum atomic E-state index is 15.1. The molecule has 0 radical (unpaired) electrons. The zero-order chi connectivity index (χ0) is 39.5. The summed E-state index contributed by atoms with van der Waals surface area (Å²) in [6, 6.07) is 1.69. The lowest BCUT2D eigenvalue weighted by Gasteiger charge is -2.40. The Bertz CT molecular complexity index is 1700. The van der Waals surface area contributed by atoms with Crippen molar-refractivity contribution in [1.82, 2.24) is 35.3 Å². The number of alkyl halides is 1. The number of benzene rings is 1. The Balaban J connectivity index is 1.25. The van der Waals surface area contributed by atoms with Crippen LogP contribution in [-0.2, 0) is 30.3 Å². The number of hydrogen-bond donors (Lipinski definition) is 4. The number of nitrogens with one attached hydrogen (secondary N) is 3. The molecular weight excluding hydrogens is 727 g/mol. The second-order valence-electron chi connectivity index (χ2n) is 13.8. The first-order valence-electron chi connectivity index (χ1n) is 18.2. The fourth-order valence-corrected chi connectivity index (χ4v) is 6.72. The average molecular weight is 776 g/mol. The molecule has 2 saturated heterocycles. The molecule has 3 aliphatic heterocycles. The summed E-state index contributed by atoms with van der Waals surface area (Å²) in [4.78, 5) is 56.9. The molecular formula is C37H48F3N7O8. The van der Waals surface area contributed by atoms with Gasteiger partial charge in [0.25, 0.3) is 11.8 Å². The van der Waals surface area contributed by atoms with Crippen molar-refractivity contribution in [3.05, 3.63) is 66.2 Å². The van der Waals surface area contributed by atoms with Gasteiger partial charge in [-0.25, -0.2) is 27.7 Å². The first-order chi connectivity index (χ1) is 26.4. The number of aromatic nitrogens is 2. The Kier molecular flexibility index (Phi) is 14.8. The smallest absolute Gasteiger partial charge is 0.407 e. The third kappa shape index (κ3) is 11.4. The number of alkyl carbamates (subject to hydrolysis) is 1. The van der Waals surface area contributed by atoms with Crippen LogP contribution in [0.4, 0.5) is 22.8 Å². The Morgan fingerprint density at radius 3 is 2.58 bits per heavy atom. The lowest BCUT2D eigenvalue weighted by Crippen LogP contribution is -2.50. The van der Waals surface area contributed by atoms with Crippen molar-refractivity contribution in [2.24, 2.45) is 11.8 Å². The molecule has 5 rings (SSSR count). The quantitative estimate of drug-likeness (QED) is 0.100. The van der Waals surface area contributed by atoms with E-state index in [2.05, 4.69) is 22.5 Å². The molecule has 4 atom stereocenters. The molecule has 15 nitrogen and oxygen atoms in total. The van der Waals surface area contributed by atoms with Gasteiger partial charge in [0, 0.05) is 82.3 Å². The second-order valence-corrected chi connectivity index (χ2v) is 13.8. The molecule has 18 heteroatoms. The highest BCUT2D eigenvalue weighted by atomic mass is 19.1. The number of imidazole rings is 1. The van der Waals surface area contributed by atoms with E-state index in [-0.39, 0.29) is 69.7 Å². The van der Waals surface area contributed by atoms with Crippen molar-refractivity contribution in [1.29, 1.82) is 0 Å². The van der Waals surface area contributed by atoms with E-state index < -0.39 is 66.4 Å². The highest BCUT2D eigenvalue weighted by Crippen LogP contribution is 2.38. The molecule has 0 saturated carbocycles. The number of aliphatic hydroxyl groups is 1. The number of imide groups is 1. The van der Waals surface area contributed by atoms with Gasteiger partial charge in [0.05, 0.1) is 31.5 Å². The number of hydrogen-bond acceptors (Lipinski definition) is 10. The molecule has 4 unspecified atom stereocenters. The van der Waals surface area contributed by atoms with E-state index >= 15 is 8.78 Å². The number of carbonyl (C=O) groups excluding carboxylic acids is 4. The van der Waals surface area contributed by atoms with Crippen LogP contribution in [0.2, 0.25) is 0 Å². The third-order valence-electron chi connectivity index (χ3n) is 9.49. The molecule has 5 amide bonds. The molecule has 3 aliphatic rings. The van der Waals surface area contributed by atoms with Gasteiger partial charge >= 0.3 is 12.1 Å². The Hall–Kier alpha value is -4.78. The first-order valence-corrected chi connectivity index (χ1v) is 18.2. The number of halogens is 3. The van der Waals surface area contributed by atoms with Crippen LogP contribution in [0.5, 0.6) is 0 Å². The largest absolute Gasteiger partial charge is 0.447 e. The number of amides is 5. The Morgan fingerprint density at radius 1 is 1.15 bits per heavy atom. The van der Waals surface area contributed by atoms with Crippen LogP contribution in [0, 0.1) is 23.5 Å². The van der Waals surface area contributed by atoms with Crippen LogP contribution in [0.25, 0.3) is 11.3 Å². The number of carbonyl (C=O) groups is 4. The van der Waals surface area contributed by atoms with Crippen molar-refractivity contribution in [3.8, 4) is 11.3 Å². The van der Waals surface area contributed by atoms with Crippen LogP contribution >= 0.6 is 0 Å². The number of ether oxygens (including phenoxy) is 3. The summed E-state index contributed by atoms with van der Waals surface area (Å²) < 4.78 is 62.3. The van der Waals surface area contributed by atoms with E-state index in [4.69, 9.17) is 19.2 Å². The van der Waals surface area contributed by atoms with E-state index in [9.17, 15) is 28.7 Å². The number of nitrogens with zero attached hydrogens (tertiary/aromatic N) is 4. The lowest BCUT2D eigenvalue weighted by molar-refractivity contribution is -0.137. The van der Waals surface area contributed by atoms with Gasteiger partial charge in [-0.05, 0) is 43.9 Å². The minimum atomic E-state index is -1.31. The number of urea groups is 1. The summed E-state index contributed by atoms with van der Waals surface area (Å²) in [7, 11) is 0. The minimum absolute atomic E-state index is 0.0236. The fourth-order valence-electron chi connectivity index (χ4n) is 6.72. The predicted octanol–water partition coefficient (Wildman–Crippen LogP) is 2.47. The molecule has 1 aromatic carbocycles. The summed E-state index contributed by atoms with van der Waals surface area (Å²) in [5.74, 6) is -2.57. The van der Waals surface area contributed by atoms with E-state index in [1.165, 1.54) is 17.1 Å². The zero-order valence-electron chi connectivity index (χ0n) is 30.7. The highest BCUT2D eigenvalue weighted by Gasteiger charge is 2.40. The molecule has 1 aromatic heterocycles. The summed E-state index contributed by atoms with van der Waals surface area (Å²) in [5.41, 5.74) is 0.833. The topological polar surface area (TPSA) is 177 Å². The maximum absolute atomic E-state index is 15.1. The van der Waals surface area contributed by atoms with Crippen LogP contribution < -0.4 is 16.0 Å². The number of allylic oxidation sites excluding steroid dienone is 1. The summed E-state index contributed by atoms with van der Waals surface area (Å²) in [6.45, 7) is 6.79. The predicted molar refractivity (Wildman–Crippen MR) is 192 cm³/mol. The van der Waals surface area contributed by atoms with Crippen molar-refractivity contribution in [3.63, 3.8) is 0 Å². The van der Waals surface area contributed by atoms with Crippen molar-refractivity contribution >= 4 is 23.9 Å². The van der Waals surface area contributed by atoms with Gasteiger partial charge in [-0.2, -0.15) is 0 Å². The van der Waals surface area contributed by atoms with Gasteiger partial charge in [0.15, 0.2) is 0 Å². The van der Waals surface area contributed by atoms with Crippen molar-refractivity contribution < 1.29 is 51.7 Å². The van der Waals surface area contributed by atoms with E-state index in [1.54, 1.807) is 17.7 Å². The molecule has 0 spiro atoms. The van der Waals surface area contributed by atoms with Crippen molar-refractivity contribution in [2.45, 2.75) is 44.6 Å². The molecule has 0 aliphatic carbocycles. The van der Waals surface area contributed by atoms with Gasteiger partial charge in [-0.1, -0.05) is 12.2 Å². The lowest BCUT2D eigenvalue weighted by atomic mass is 9.89. The maximum Gasteiger partial charge on any atom is 0.407 e. The first kappa shape index (κ1) is 41.4. The molecule has 55 heavy (non-hydrogen) atoms. The minimum Gasteiger partial charge on any atom is -0.447 e. The van der Waals surface area contributed by atoms with Gasteiger partial charge in [0.1, 0.15) is 36.3 Å². The molecule has 2 aromatic rings. The van der Waals surface area contributed by atoms with Crippen LogP contribution in [0.15, 0.2) is 48.7 Å². The van der Waals surface area contributed by atoms with E-state index in [0.29, 0.717) is 38.4 Å². The molecule has 4 heterocycles. The van der Waals surface area contributed by atoms with Crippen molar-refractivity contribution in [2.75, 3.05) is 72.3 Å². The molecule has 4 N–H and O–H groups in total. The zero-order valence-corrected chi connectivity index (χ0v) is 30.7. The van der Waals surface area contributed by atoms with Crippen LogP contribution in [0.3, 0.4) is 0 Å². The summed E-state index contributed by atoms with van der Waals surface area (Å²) in [5, 5.41) is 18.8. The standard InChI is InChI=1S/C37H48F3N7O8/c1-23(2)19-45-21-31(28-15-26(38)3-4-29(28)39)44-35(45)34(24-7-11-53-12-8-24)47(20-25-16-41-18-30(25)40)36(51)43-17-27(48)22-55-37(52)42-9-13-54-14-10-46-32(49)5-6-33(46)50/h3-6,15,21,24-25,27,30,34,41,48H,1,7-14,16-20,22H2,2H3,(H,42,52)(H,43,51). The fraction of sp³-hybridized carbons (Fsp3) is 0.541. The number of aliphatic hydroxyl groups excluding tert-OH is 1. The van der Waals surface area contributed by atoms with Gasteiger partial charge in [0.2, 0.25) is 0 Å². The highest BCUT2D eigenvalue weighted by molar-refractivity contribution is 6.12. The van der Waals surface area contributed by atoms with Gasteiger partial charge in [-0.3, -0.25) is 14.5 Å². The van der Waals surface area contributed by atoms with E-state index in [0.717, 1.165) is 28.7 Å². The molecule has 0 bridgehead atoms. The van der Waals surface area contributed by atoms with E-state index in [1.807, 2.05) is 0 Å². The van der Waals surface area contributed by atoms with Crippen LogP contribution in [0.1, 0.15) is 31.6 Å². The average Bonchev–Trinajstić information content (AvgIpc) is 3.86. The molecule has 300 valence electrons. The van der Waals surface area contributed by atoms with Crippen LogP contribution in [-0.4, -0.2) is 133 Å². The normalized spacial score (nSPS) is 19.8. The SMILES string of the molecule is C=C(C)Cn1cc(-c2cc(F)ccc2F)nc1C(C1CCOCC1)N(CC1CNCC1F)C(=O)NCC(O)COC(=O)NCCOCCN1C(=O)C=CC1=O. The second kappa shape index (κ2) is 19.7. The molecule has 2 fully saturated rings. The summed E-state index contributed by atoms with van der Waals surface area (Å²) in [6.07, 6.45) is 1.61. The Labute approximate surface area is 316 Å². The number of rotatable bonds is 18. The summed E-state index contributed by atoms with van der Waals surface area (Å²) >= 11 is 0. The monoisotopic (exact) mass is 775 g/mol.